The van der Waals surface area contributed by atoms with E-state index < -0.39 is 0 Å². The van der Waals surface area contributed by atoms with Crippen LogP contribution >= 0.6 is 0 Å². The smallest absolute Gasteiger partial charge is 0.191 e. The summed E-state index contributed by atoms with van der Waals surface area (Å²) in [5.41, 5.74) is 2.44. The molecule has 0 bridgehead atoms. The van der Waals surface area contributed by atoms with E-state index in [9.17, 15) is 0 Å². The van der Waals surface area contributed by atoms with E-state index in [0.29, 0.717) is 6.10 Å². The van der Waals surface area contributed by atoms with Crippen molar-refractivity contribution in [3.05, 3.63) is 29.3 Å². The van der Waals surface area contributed by atoms with Crippen LogP contribution in [-0.4, -0.2) is 75.2 Å². The van der Waals surface area contributed by atoms with Crippen LogP contribution in [0.15, 0.2) is 23.2 Å². The molecule has 2 aliphatic rings. The number of hydrogen-bond acceptors (Lipinski definition) is 4. The fourth-order valence-electron chi connectivity index (χ4n) is 4.24. The molecule has 168 valence electrons. The Hall–Kier alpha value is -1.79. The van der Waals surface area contributed by atoms with Crippen molar-refractivity contribution >= 4 is 5.96 Å². The van der Waals surface area contributed by atoms with Crippen molar-refractivity contribution in [1.29, 1.82) is 0 Å². The lowest BCUT2D eigenvalue weighted by Gasteiger charge is -2.32. The van der Waals surface area contributed by atoms with Crippen molar-refractivity contribution in [1.82, 2.24) is 20.4 Å². The maximum atomic E-state index is 6.32. The number of nitrogens with zero attached hydrogens (tertiary/aromatic N) is 3. The van der Waals surface area contributed by atoms with Gasteiger partial charge in [-0.25, -0.2) is 0 Å². The number of guanidine groups is 1. The fourth-order valence-corrected chi connectivity index (χ4v) is 4.24. The van der Waals surface area contributed by atoms with Gasteiger partial charge in [0.1, 0.15) is 5.75 Å². The zero-order valence-electron chi connectivity index (χ0n) is 19.3. The van der Waals surface area contributed by atoms with E-state index in [1.165, 1.54) is 76.0 Å². The number of aryl methyl sites for hydroxylation is 1. The first kappa shape index (κ1) is 22.9. The van der Waals surface area contributed by atoms with Crippen molar-refractivity contribution in [2.24, 2.45) is 4.99 Å². The van der Waals surface area contributed by atoms with E-state index in [1.54, 1.807) is 0 Å². The highest BCUT2D eigenvalue weighted by molar-refractivity contribution is 5.79. The number of likely N-dealkylation sites (N-methyl/N-ethyl adjacent to an activating group) is 1. The van der Waals surface area contributed by atoms with E-state index in [4.69, 9.17) is 4.74 Å². The zero-order chi connectivity index (χ0) is 21.2. The monoisotopic (exact) mass is 415 g/mol. The predicted molar refractivity (Wildman–Crippen MR) is 125 cm³/mol. The summed E-state index contributed by atoms with van der Waals surface area (Å²) in [5.74, 6) is 1.89. The molecule has 0 spiro atoms. The zero-order valence-corrected chi connectivity index (χ0v) is 19.3. The average molecular weight is 416 g/mol. The lowest BCUT2D eigenvalue weighted by atomic mass is 10.1. The van der Waals surface area contributed by atoms with Gasteiger partial charge in [-0.1, -0.05) is 12.1 Å². The Balaban J connectivity index is 1.37. The van der Waals surface area contributed by atoms with E-state index in [1.807, 2.05) is 7.05 Å². The first-order chi connectivity index (χ1) is 14.6. The van der Waals surface area contributed by atoms with Gasteiger partial charge < -0.3 is 25.2 Å². The molecule has 2 fully saturated rings. The number of benzene rings is 1. The van der Waals surface area contributed by atoms with Gasteiger partial charge in [-0.05, 0) is 70.7 Å². The van der Waals surface area contributed by atoms with Crippen molar-refractivity contribution in [3.63, 3.8) is 0 Å². The summed E-state index contributed by atoms with van der Waals surface area (Å²) in [4.78, 5) is 9.38. The second-order valence-electron chi connectivity index (χ2n) is 8.84. The van der Waals surface area contributed by atoms with Crippen LogP contribution in [0.3, 0.4) is 0 Å². The molecule has 30 heavy (non-hydrogen) atoms. The molecule has 1 saturated carbocycles. The SMILES string of the molecule is CN=C(NCCCCN1CCN(C)CC1)NCc1ccc(C)cc1OC1CCCC1. The van der Waals surface area contributed by atoms with Gasteiger partial charge in [0.15, 0.2) is 5.96 Å². The second-order valence-corrected chi connectivity index (χ2v) is 8.84. The Morgan fingerprint density at radius 2 is 1.87 bits per heavy atom. The van der Waals surface area contributed by atoms with Crippen LogP contribution in [0.5, 0.6) is 5.75 Å². The van der Waals surface area contributed by atoms with Crippen molar-refractivity contribution in [3.8, 4) is 5.75 Å². The van der Waals surface area contributed by atoms with Crippen LogP contribution in [0, 0.1) is 6.92 Å². The highest BCUT2D eigenvalue weighted by Gasteiger charge is 2.18. The van der Waals surface area contributed by atoms with Crippen molar-refractivity contribution in [2.75, 3.05) is 53.4 Å². The molecule has 1 aromatic rings. The summed E-state index contributed by atoms with van der Waals surface area (Å²) in [6, 6.07) is 6.51. The third-order valence-corrected chi connectivity index (χ3v) is 6.28. The summed E-state index contributed by atoms with van der Waals surface area (Å²) in [6.07, 6.45) is 7.70. The Morgan fingerprint density at radius 1 is 1.10 bits per heavy atom. The Bertz CT molecular complexity index is 664. The normalized spacial score (nSPS) is 19.2. The fraction of sp³-hybridized carbons (Fsp3) is 0.708. The van der Waals surface area contributed by atoms with E-state index in [2.05, 4.69) is 57.6 Å². The molecule has 1 heterocycles. The molecule has 0 aromatic heterocycles. The number of hydrogen-bond donors (Lipinski definition) is 2. The molecule has 6 nitrogen and oxygen atoms in total. The highest BCUT2D eigenvalue weighted by Crippen LogP contribution is 2.27. The molecule has 2 N–H and O–H groups in total. The van der Waals surface area contributed by atoms with Gasteiger partial charge in [0.05, 0.1) is 6.10 Å². The molecule has 0 amide bonds. The number of nitrogens with one attached hydrogen (secondary N) is 2. The molecule has 0 radical (unpaired) electrons. The summed E-state index contributed by atoms with van der Waals surface area (Å²) in [7, 11) is 4.05. The Labute approximate surface area is 183 Å². The topological polar surface area (TPSA) is 52.1 Å². The third-order valence-electron chi connectivity index (χ3n) is 6.28. The standard InChI is InChI=1S/C24H41N5O/c1-20-10-11-21(23(18-20)30-22-8-4-5-9-22)19-27-24(25-2)26-12-6-7-13-29-16-14-28(3)15-17-29/h10-11,18,22H,4-9,12-17,19H2,1-3H3,(H2,25,26,27). The maximum absolute atomic E-state index is 6.32. The van der Waals surface area contributed by atoms with E-state index in [0.717, 1.165) is 31.2 Å². The molecule has 1 aliphatic carbocycles. The van der Waals surface area contributed by atoms with Crippen LogP contribution in [0.2, 0.25) is 0 Å². The van der Waals surface area contributed by atoms with Crippen LogP contribution < -0.4 is 15.4 Å². The first-order valence-electron chi connectivity index (χ1n) is 11.8. The molecule has 6 heteroatoms. The third kappa shape index (κ3) is 7.47. The van der Waals surface area contributed by atoms with Crippen LogP contribution in [0.1, 0.15) is 49.7 Å². The summed E-state index contributed by atoms with van der Waals surface area (Å²) >= 11 is 0. The van der Waals surface area contributed by atoms with Gasteiger partial charge >= 0.3 is 0 Å². The predicted octanol–water partition coefficient (Wildman–Crippen LogP) is 3.01. The van der Waals surface area contributed by atoms with Gasteiger partial charge in [-0.3, -0.25) is 4.99 Å². The van der Waals surface area contributed by atoms with Gasteiger partial charge in [-0.2, -0.15) is 0 Å². The second kappa shape index (κ2) is 12.2. The molecular formula is C24H41N5O. The minimum atomic E-state index is 0.378. The van der Waals surface area contributed by atoms with Crippen molar-refractivity contribution < 1.29 is 4.74 Å². The lowest BCUT2D eigenvalue weighted by Crippen LogP contribution is -2.44. The molecule has 0 atom stereocenters. The molecule has 3 rings (SSSR count). The van der Waals surface area contributed by atoms with Crippen LogP contribution in [-0.2, 0) is 6.54 Å². The van der Waals surface area contributed by atoms with E-state index >= 15 is 0 Å². The minimum Gasteiger partial charge on any atom is -0.490 e. The lowest BCUT2D eigenvalue weighted by molar-refractivity contribution is 0.152. The molecule has 1 aliphatic heterocycles. The van der Waals surface area contributed by atoms with E-state index in [-0.39, 0.29) is 0 Å². The molecule has 1 saturated heterocycles. The quantitative estimate of drug-likeness (QED) is 0.369. The summed E-state index contributed by atoms with van der Waals surface area (Å²) in [6.45, 7) is 9.80. The largest absolute Gasteiger partial charge is 0.490 e. The van der Waals surface area contributed by atoms with Crippen LogP contribution in [0.25, 0.3) is 0 Å². The van der Waals surface area contributed by atoms with Gasteiger partial charge in [0, 0.05) is 51.9 Å². The number of ether oxygens (including phenoxy) is 1. The highest BCUT2D eigenvalue weighted by atomic mass is 16.5. The number of rotatable bonds is 9. The van der Waals surface area contributed by atoms with Crippen molar-refractivity contribution in [2.45, 2.75) is 58.1 Å². The average Bonchev–Trinajstić information content (AvgIpc) is 3.25. The molecule has 1 aromatic carbocycles. The summed E-state index contributed by atoms with van der Waals surface area (Å²) < 4.78 is 6.32. The number of aliphatic imine (C=N–C) groups is 1. The maximum Gasteiger partial charge on any atom is 0.191 e. The van der Waals surface area contributed by atoms with Gasteiger partial charge in [-0.15, -0.1) is 0 Å². The van der Waals surface area contributed by atoms with Crippen LogP contribution in [0.4, 0.5) is 0 Å². The Kier molecular flexibility index (Phi) is 9.27. The molecule has 0 unspecified atom stereocenters. The number of piperazine rings is 1. The molecular weight excluding hydrogens is 374 g/mol. The minimum absolute atomic E-state index is 0.378. The Morgan fingerprint density at radius 3 is 2.60 bits per heavy atom. The first-order valence-corrected chi connectivity index (χ1v) is 11.8. The number of unbranched alkanes of at least 4 members (excludes halogenated alkanes) is 1. The van der Waals surface area contributed by atoms with Gasteiger partial charge in [0.25, 0.3) is 0 Å². The summed E-state index contributed by atoms with van der Waals surface area (Å²) in [5, 5.41) is 6.92. The van der Waals surface area contributed by atoms with Gasteiger partial charge in [0.2, 0.25) is 0 Å².